The molecule has 2 heterocycles. The molecule has 2 fully saturated rings. The first kappa shape index (κ1) is 13.1. The molecule has 6 heteroatoms. The number of fused-ring (bicyclic) bond motifs is 2. The van der Waals surface area contributed by atoms with E-state index in [0.717, 1.165) is 12.8 Å². The monoisotopic (exact) mass is 282 g/mol. The molecule has 2 atom stereocenters. The molecular formula is C13H18N2O3S. The van der Waals surface area contributed by atoms with Gasteiger partial charge < -0.3 is 10.5 Å². The first-order chi connectivity index (χ1) is 9.11. The molecule has 2 bridgehead atoms. The van der Waals surface area contributed by atoms with Gasteiger partial charge in [0.1, 0.15) is 0 Å². The van der Waals surface area contributed by atoms with Crippen LogP contribution >= 0.6 is 0 Å². The predicted molar refractivity (Wildman–Crippen MR) is 71.0 cm³/mol. The molecule has 2 aliphatic rings. The van der Waals surface area contributed by atoms with Gasteiger partial charge in [-0.1, -0.05) is 18.2 Å². The van der Waals surface area contributed by atoms with E-state index < -0.39 is 10.0 Å². The number of nitrogens with two attached hydrogens (primary N) is 1. The van der Waals surface area contributed by atoms with Crippen LogP contribution in [0.3, 0.4) is 0 Å². The zero-order valence-corrected chi connectivity index (χ0v) is 11.5. The second-order valence-corrected chi connectivity index (χ2v) is 7.00. The highest BCUT2D eigenvalue weighted by atomic mass is 32.2. The summed E-state index contributed by atoms with van der Waals surface area (Å²) in [6.07, 6.45) is 2.02. The van der Waals surface area contributed by atoms with Crippen molar-refractivity contribution >= 4 is 10.0 Å². The highest BCUT2D eigenvalue weighted by Gasteiger charge is 2.39. The maximum Gasteiger partial charge on any atom is 0.243 e. The third kappa shape index (κ3) is 2.29. The molecule has 104 valence electrons. The zero-order chi connectivity index (χ0) is 13.5. The van der Waals surface area contributed by atoms with Gasteiger partial charge in [0.2, 0.25) is 10.0 Å². The van der Waals surface area contributed by atoms with E-state index in [1.54, 1.807) is 22.5 Å². The average Bonchev–Trinajstić information content (AvgIpc) is 2.77. The molecule has 19 heavy (non-hydrogen) atoms. The van der Waals surface area contributed by atoms with Crippen molar-refractivity contribution < 1.29 is 13.2 Å². The number of hydrogen-bond donors (Lipinski definition) is 1. The van der Waals surface area contributed by atoms with Gasteiger partial charge >= 0.3 is 0 Å². The Morgan fingerprint density at radius 1 is 1.21 bits per heavy atom. The average molecular weight is 282 g/mol. The predicted octanol–water partition coefficient (Wildman–Crippen LogP) is 0.697. The number of benzene rings is 1. The highest BCUT2D eigenvalue weighted by molar-refractivity contribution is 7.89. The molecule has 2 saturated heterocycles. The molecule has 5 nitrogen and oxygen atoms in total. The van der Waals surface area contributed by atoms with Gasteiger partial charge in [0, 0.05) is 19.6 Å². The van der Waals surface area contributed by atoms with E-state index in [2.05, 4.69) is 0 Å². The quantitative estimate of drug-likeness (QED) is 0.885. The van der Waals surface area contributed by atoms with Gasteiger partial charge in [-0.05, 0) is 24.5 Å². The standard InChI is InChI=1S/C13H18N2O3S/c14-7-10-3-1-2-4-13(10)19(16,17)15-8-11-5-6-12(9-15)18-11/h1-4,11-12H,5-9,14H2. The third-order valence-electron chi connectivity index (χ3n) is 3.82. The van der Waals surface area contributed by atoms with Crippen molar-refractivity contribution in [1.29, 1.82) is 0 Å². The fourth-order valence-corrected chi connectivity index (χ4v) is 4.57. The lowest BCUT2D eigenvalue weighted by Crippen LogP contribution is -2.45. The van der Waals surface area contributed by atoms with Crippen molar-refractivity contribution in [2.24, 2.45) is 5.73 Å². The van der Waals surface area contributed by atoms with Crippen LogP contribution in [0.2, 0.25) is 0 Å². The normalized spacial score (nSPS) is 27.6. The Labute approximate surface area is 113 Å². The summed E-state index contributed by atoms with van der Waals surface area (Å²) in [6, 6.07) is 6.95. The van der Waals surface area contributed by atoms with Gasteiger partial charge in [0.25, 0.3) is 0 Å². The van der Waals surface area contributed by atoms with E-state index in [9.17, 15) is 8.42 Å². The van der Waals surface area contributed by atoms with Crippen LogP contribution in [0.5, 0.6) is 0 Å². The van der Waals surface area contributed by atoms with Gasteiger partial charge in [-0.3, -0.25) is 0 Å². The topological polar surface area (TPSA) is 72.6 Å². The maximum atomic E-state index is 12.7. The summed E-state index contributed by atoms with van der Waals surface area (Å²) >= 11 is 0. The fourth-order valence-electron chi connectivity index (χ4n) is 2.84. The number of ether oxygens (including phenoxy) is 1. The van der Waals surface area contributed by atoms with E-state index >= 15 is 0 Å². The SMILES string of the molecule is NCc1ccccc1S(=O)(=O)N1CC2CCC(C1)O2. The summed E-state index contributed by atoms with van der Waals surface area (Å²) in [6.45, 7) is 1.14. The lowest BCUT2D eigenvalue weighted by molar-refractivity contribution is -0.0114. The van der Waals surface area contributed by atoms with Crippen LogP contribution in [0.4, 0.5) is 0 Å². The number of rotatable bonds is 3. The summed E-state index contributed by atoms with van der Waals surface area (Å²) in [5.74, 6) is 0. The molecule has 0 saturated carbocycles. The van der Waals surface area contributed by atoms with Crippen molar-refractivity contribution in [1.82, 2.24) is 4.31 Å². The van der Waals surface area contributed by atoms with Crippen LogP contribution in [0, 0.1) is 0 Å². The van der Waals surface area contributed by atoms with Gasteiger partial charge in [-0.25, -0.2) is 8.42 Å². The number of hydrogen-bond acceptors (Lipinski definition) is 4. The second kappa shape index (κ2) is 4.86. The van der Waals surface area contributed by atoms with E-state index in [4.69, 9.17) is 10.5 Å². The largest absolute Gasteiger partial charge is 0.372 e. The fraction of sp³-hybridized carbons (Fsp3) is 0.538. The lowest BCUT2D eigenvalue weighted by Gasteiger charge is -2.31. The summed E-state index contributed by atoms with van der Waals surface area (Å²) in [5.41, 5.74) is 6.30. The summed E-state index contributed by atoms with van der Waals surface area (Å²) in [7, 11) is -3.46. The minimum atomic E-state index is -3.46. The smallest absolute Gasteiger partial charge is 0.243 e. The third-order valence-corrected chi connectivity index (χ3v) is 5.75. The van der Waals surface area contributed by atoms with Crippen molar-refractivity contribution in [3.63, 3.8) is 0 Å². The van der Waals surface area contributed by atoms with Crippen LogP contribution in [0.1, 0.15) is 18.4 Å². The molecular weight excluding hydrogens is 264 g/mol. The molecule has 2 N–H and O–H groups in total. The van der Waals surface area contributed by atoms with Crippen molar-refractivity contribution in [2.45, 2.75) is 36.5 Å². The minimum absolute atomic E-state index is 0.0542. The molecule has 0 radical (unpaired) electrons. The zero-order valence-electron chi connectivity index (χ0n) is 10.7. The van der Waals surface area contributed by atoms with Gasteiger partial charge in [0.15, 0.2) is 0 Å². The molecule has 1 aromatic rings. The summed E-state index contributed by atoms with van der Waals surface area (Å²) in [4.78, 5) is 0.332. The molecule has 0 aromatic heterocycles. The van der Waals surface area contributed by atoms with Crippen molar-refractivity contribution in [2.75, 3.05) is 13.1 Å². The molecule has 2 aliphatic heterocycles. The number of sulfonamides is 1. The van der Waals surface area contributed by atoms with E-state index in [0.29, 0.717) is 23.5 Å². The molecule has 2 unspecified atom stereocenters. The Balaban J connectivity index is 1.94. The number of morpholine rings is 1. The van der Waals surface area contributed by atoms with Crippen LogP contribution in [0.15, 0.2) is 29.2 Å². The van der Waals surface area contributed by atoms with Gasteiger partial charge in [0.05, 0.1) is 17.1 Å². The number of nitrogens with zero attached hydrogens (tertiary/aromatic N) is 1. The van der Waals surface area contributed by atoms with Crippen LogP contribution in [-0.2, 0) is 21.3 Å². The molecule has 0 amide bonds. The first-order valence-corrected chi connectivity index (χ1v) is 7.99. The van der Waals surface area contributed by atoms with Crippen molar-refractivity contribution in [3.8, 4) is 0 Å². The Bertz CT molecular complexity index is 561. The van der Waals surface area contributed by atoms with Gasteiger partial charge in [-0.15, -0.1) is 0 Å². The Morgan fingerprint density at radius 3 is 2.47 bits per heavy atom. The Kier molecular flexibility index (Phi) is 3.34. The Morgan fingerprint density at radius 2 is 1.84 bits per heavy atom. The van der Waals surface area contributed by atoms with E-state index in [-0.39, 0.29) is 18.8 Å². The van der Waals surface area contributed by atoms with E-state index in [1.807, 2.05) is 6.07 Å². The van der Waals surface area contributed by atoms with E-state index in [1.165, 1.54) is 0 Å². The first-order valence-electron chi connectivity index (χ1n) is 6.55. The molecule has 1 aromatic carbocycles. The molecule has 0 spiro atoms. The highest BCUT2D eigenvalue weighted by Crippen LogP contribution is 2.30. The lowest BCUT2D eigenvalue weighted by atomic mass is 10.2. The summed E-state index contributed by atoms with van der Waals surface area (Å²) in [5, 5.41) is 0. The Hall–Kier alpha value is -0.950. The molecule has 0 aliphatic carbocycles. The second-order valence-electron chi connectivity index (χ2n) is 5.09. The summed E-state index contributed by atoms with van der Waals surface area (Å²) < 4.78 is 32.6. The van der Waals surface area contributed by atoms with Gasteiger partial charge in [-0.2, -0.15) is 4.31 Å². The van der Waals surface area contributed by atoms with Crippen molar-refractivity contribution in [3.05, 3.63) is 29.8 Å². The maximum absolute atomic E-state index is 12.7. The van der Waals surface area contributed by atoms with Crippen LogP contribution in [-0.4, -0.2) is 38.0 Å². The minimum Gasteiger partial charge on any atom is -0.372 e. The van der Waals surface area contributed by atoms with Crippen LogP contribution in [0.25, 0.3) is 0 Å². The van der Waals surface area contributed by atoms with Crippen LogP contribution < -0.4 is 5.73 Å². The molecule has 3 rings (SSSR count).